The van der Waals surface area contributed by atoms with E-state index in [-0.39, 0.29) is 23.5 Å². The SMILES string of the molecule is C#Cc1cc(CNC(=O)/C=C/c2ccc(CF)nc2-n2cccn2)cc(F)c1NS(C)(=O)=O. The fourth-order valence-corrected chi connectivity index (χ4v) is 3.44. The van der Waals surface area contributed by atoms with E-state index in [1.54, 1.807) is 24.5 Å². The van der Waals surface area contributed by atoms with Crippen LogP contribution in [0, 0.1) is 18.2 Å². The van der Waals surface area contributed by atoms with Gasteiger partial charge in [-0.25, -0.2) is 26.9 Å². The maximum Gasteiger partial charge on any atom is 0.244 e. The third-order valence-electron chi connectivity index (χ3n) is 4.30. The maximum atomic E-state index is 14.4. The van der Waals surface area contributed by atoms with Crippen LogP contribution in [-0.4, -0.2) is 35.3 Å². The van der Waals surface area contributed by atoms with Crippen LogP contribution >= 0.6 is 0 Å². The van der Waals surface area contributed by atoms with Crippen molar-refractivity contribution >= 4 is 27.7 Å². The van der Waals surface area contributed by atoms with E-state index in [4.69, 9.17) is 6.42 Å². The van der Waals surface area contributed by atoms with Crippen molar-refractivity contribution in [2.75, 3.05) is 11.0 Å². The zero-order valence-corrected chi connectivity index (χ0v) is 18.2. The second-order valence-electron chi connectivity index (χ2n) is 6.87. The number of anilines is 1. The van der Waals surface area contributed by atoms with Crippen molar-refractivity contribution in [3.8, 4) is 18.2 Å². The van der Waals surface area contributed by atoms with Gasteiger partial charge in [0.25, 0.3) is 0 Å². The zero-order chi connectivity index (χ0) is 24.0. The Bertz CT molecular complexity index is 1350. The summed E-state index contributed by atoms with van der Waals surface area (Å²) in [4.78, 5) is 16.5. The molecule has 2 N–H and O–H groups in total. The Balaban J connectivity index is 1.74. The smallest absolute Gasteiger partial charge is 0.244 e. The van der Waals surface area contributed by atoms with Crippen LogP contribution in [0.5, 0.6) is 0 Å². The molecule has 0 aliphatic rings. The number of hydrogen-bond acceptors (Lipinski definition) is 5. The number of carbonyl (C=O) groups excluding carboxylic acids is 1. The second-order valence-corrected chi connectivity index (χ2v) is 8.62. The normalized spacial score (nSPS) is 11.3. The summed E-state index contributed by atoms with van der Waals surface area (Å²) >= 11 is 0. The van der Waals surface area contributed by atoms with Crippen LogP contribution in [-0.2, 0) is 28.0 Å². The number of hydrogen-bond donors (Lipinski definition) is 2. The van der Waals surface area contributed by atoms with E-state index in [2.05, 4.69) is 21.3 Å². The van der Waals surface area contributed by atoms with Crippen molar-refractivity contribution in [1.82, 2.24) is 20.1 Å². The third-order valence-corrected chi connectivity index (χ3v) is 4.87. The summed E-state index contributed by atoms with van der Waals surface area (Å²) in [7, 11) is -3.73. The van der Waals surface area contributed by atoms with Crippen LogP contribution in [0.25, 0.3) is 11.9 Å². The third kappa shape index (κ3) is 6.24. The monoisotopic (exact) mass is 471 g/mol. The summed E-state index contributed by atoms with van der Waals surface area (Å²) in [6.45, 7) is -0.799. The molecule has 33 heavy (non-hydrogen) atoms. The highest BCUT2D eigenvalue weighted by Crippen LogP contribution is 2.23. The molecule has 0 aliphatic heterocycles. The van der Waals surface area contributed by atoms with Gasteiger partial charge >= 0.3 is 0 Å². The fraction of sp³-hybridized carbons (Fsp3) is 0.136. The van der Waals surface area contributed by atoms with Crippen LogP contribution in [0.2, 0.25) is 0 Å². The molecule has 170 valence electrons. The van der Waals surface area contributed by atoms with Crippen LogP contribution in [0.4, 0.5) is 14.5 Å². The number of amides is 1. The lowest BCUT2D eigenvalue weighted by molar-refractivity contribution is -0.116. The number of nitrogens with zero attached hydrogens (tertiary/aromatic N) is 3. The molecule has 0 saturated heterocycles. The number of halogens is 2. The number of alkyl halides is 1. The van der Waals surface area contributed by atoms with Gasteiger partial charge in [-0.1, -0.05) is 5.92 Å². The standard InChI is InChI=1S/C22H19F2N5O3S/c1-3-16-11-15(12-19(24)21(16)28-33(2,31)32)14-25-20(30)8-6-17-5-7-18(13-23)27-22(17)29-10-4-9-26-29/h1,4-12,28H,13-14H2,2H3,(H,25,30)/b8-6+. The van der Waals surface area contributed by atoms with Gasteiger partial charge < -0.3 is 5.32 Å². The van der Waals surface area contributed by atoms with Gasteiger partial charge in [0.1, 0.15) is 12.5 Å². The Morgan fingerprint density at radius 2 is 2.12 bits per heavy atom. The Kier molecular flexibility index (Phi) is 7.20. The summed E-state index contributed by atoms with van der Waals surface area (Å²) in [6, 6.07) is 7.28. The Labute approximate surface area is 189 Å². The number of pyridine rings is 1. The zero-order valence-electron chi connectivity index (χ0n) is 17.4. The van der Waals surface area contributed by atoms with Crippen molar-refractivity contribution in [2.45, 2.75) is 13.2 Å². The number of aromatic nitrogens is 3. The second kappa shape index (κ2) is 10.1. The van der Waals surface area contributed by atoms with Gasteiger partial charge in [-0.15, -0.1) is 6.42 Å². The molecular weight excluding hydrogens is 452 g/mol. The molecule has 1 aromatic carbocycles. The van der Waals surface area contributed by atoms with Crippen molar-refractivity contribution in [3.63, 3.8) is 0 Å². The quantitative estimate of drug-likeness (QED) is 0.388. The summed E-state index contributed by atoms with van der Waals surface area (Å²) in [5, 5.41) is 6.67. The summed E-state index contributed by atoms with van der Waals surface area (Å²) in [5.41, 5.74) is 0.770. The molecule has 0 atom stereocenters. The molecular formula is C22H19F2N5O3S. The lowest BCUT2D eigenvalue weighted by atomic mass is 10.1. The highest BCUT2D eigenvalue weighted by atomic mass is 32.2. The molecule has 0 radical (unpaired) electrons. The molecule has 0 fully saturated rings. The molecule has 2 aromatic heterocycles. The Morgan fingerprint density at radius 1 is 1.33 bits per heavy atom. The van der Waals surface area contributed by atoms with E-state index in [0.29, 0.717) is 16.9 Å². The van der Waals surface area contributed by atoms with Crippen molar-refractivity contribution in [1.29, 1.82) is 0 Å². The van der Waals surface area contributed by atoms with Crippen LogP contribution < -0.4 is 10.0 Å². The van der Waals surface area contributed by atoms with E-state index in [0.717, 1.165) is 12.3 Å². The van der Waals surface area contributed by atoms with E-state index in [9.17, 15) is 22.0 Å². The van der Waals surface area contributed by atoms with E-state index < -0.39 is 28.4 Å². The molecule has 11 heteroatoms. The topological polar surface area (TPSA) is 106 Å². The first-order valence-electron chi connectivity index (χ1n) is 9.49. The van der Waals surface area contributed by atoms with Gasteiger partial charge in [0.15, 0.2) is 5.82 Å². The predicted octanol–water partition coefficient (Wildman–Crippen LogP) is 2.56. The molecule has 0 spiro atoms. The average molecular weight is 471 g/mol. The van der Waals surface area contributed by atoms with E-state index in [1.165, 1.54) is 29.0 Å². The van der Waals surface area contributed by atoms with Crippen LogP contribution in [0.1, 0.15) is 22.4 Å². The summed E-state index contributed by atoms with van der Waals surface area (Å²) < 4.78 is 53.7. The Hall–Kier alpha value is -4.04. The maximum absolute atomic E-state index is 14.4. The number of benzene rings is 1. The minimum absolute atomic E-state index is 0.00288. The molecule has 0 saturated carbocycles. The minimum atomic E-state index is -3.73. The molecule has 8 nitrogen and oxygen atoms in total. The van der Waals surface area contributed by atoms with Crippen LogP contribution in [0.15, 0.2) is 48.8 Å². The molecule has 3 rings (SSSR count). The first kappa shape index (κ1) is 23.6. The van der Waals surface area contributed by atoms with Gasteiger partial charge in [-0.2, -0.15) is 5.10 Å². The lowest BCUT2D eigenvalue weighted by Crippen LogP contribution is -2.21. The van der Waals surface area contributed by atoms with Gasteiger partial charge in [0.05, 0.1) is 23.2 Å². The Morgan fingerprint density at radius 3 is 2.76 bits per heavy atom. The number of sulfonamides is 1. The van der Waals surface area contributed by atoms with E-state index >= 15 is 0 Å². The van der Waals surface area contributed by atoms with Gasteiger partial charge in [-0.05, 0) is 42.0 Å². The number of carbonyl (C=O) groups is 1. The first-order chi connectivity index (χ1) is 15.7. The highest BCUT2D eigenvalue weighted by Gasteiger charge is 2.14. The molecule has 0 aliphatic carbocycles. The lowest BCUT2D eigenvalue weighted by Gasteiger charge is -2.11. The first-order valence-corrected chi connectivity index (χ1v) is 11.4. The van der Waals surface area contributed by atoms with Crippen molar-refractivity contribution < 1.29 is 22.0 Å². The molecule has 0 bridgehead atoms. The van der Waals surface area contributed by atoms with Crippen molar-refractivity contribution in [2.24, 2.45) is 0 Å². The summed E-state index contributed by atoms with van der Waals surface area (Å²) in [5.74, 6) is 1.23. The van der Waals surface area contributed by atoms with E-state index in [1.807, 2.05) is 4.72 Å². The largest absolute Gasteiger partial charge is 0.348 e. The number of nitrogens with one attached hydrogen (secondary N) is 2. The van der Waals surface area contributed by atoms with Gasteiger partial charge in [0, 0.05) is 30.6 Å². The molecule has 1 amide bonds. The van der Waals surface area contributed by atoms with Crippen LogP contribution in [0.3, 0.4) is 0 Å². The molecule has 3 aromatic rings. The predicted molar refractivity (Wildman–Crippen MR) is 120 cm³/mol. The molecule has 2 heterocycles. The van der Waals surface area contributed by atoms with Gasteiger partial charge in [-0.3, -0.25) is 9.52 Å². The van der Waals surface area contributed by atoms with Crippen molar-refractivity contribution in [3.05, 3.63) is 77.0 Å². The fourth-order valence-electron chi connectivity index (χ4n) is 2.86. The van der Waals surface area contributed by atoms with Gasteiger partial charge in [0.2, 0.25) is 15.9 Å². The minimum Gasteiger partial charge on any atom is -0.348 e. The number of terminal acetylenes is 1. The average Bonchev–Trinajstić information content (AvgIpc) is 3.31. The highest BCUT2D eigenvalue weighted by molar-refractivity contribution is 7.92. The number of rotatable bonds is 8. The summed E-state index contributed by atoms with van der Waals surface area (Å²) in [6.07, 6.45) is 12.2. The molecule has 0 unspecified atom stereocenters.